The molecule has 0 spiro atoms. The summed E-state index contributed by atoms with van der Waals surface area (Å²) in [6.45, 7) is 6.70. The number of anilines is 2. The number of hydrogen-bond donors (Lipinski definition) is 1. The fourth-order valence-corrected chi connectivity index (χ4v) is 8.35. The molecule has 1 saturated heterocycles. The normalized spacial score (nSPS) is 17.0. The Morgan fingerprint density at radius 1 is 1.00 bits per heavy atom. The first-order chi connectivity index (χ1) is 22.3. The first-order valence-electron chi connectivity index (χ1n) is 16.3. The number of piperazine rings is 1. The number of carbonyl (C=O) groups is 1. The molecule has 2 heterocycles. The average molecular weight is 646 g/mol. The number of furan rings is 1. The van der Waals surface area contributed by atoms with Crippen molar-refractivity contribution in [3.05, 3.63) is 89.7 Å². The molecule has 1 atom stereocenters. The van der Waals surface area contributed by atoms with Gasteiger partial charge in [-0.1, -0.05) is 55.3 Å². The van der Waals surface area contributed by atoms with E-state index >= 15 is 0 Å². The van der Waals surface area contributed by atoms with Crippen LogP contribution in [-0.2, 0) is 21.2 Å². The number of esters is 1. The number of para-hydroxylation sites is 2. The third-order valence-corrected chi connectivity index (χ3v) is 11.2. The number of aryl methyl sites for hydroxylation is 1. The molecule has 0 bridgehead atoms. The second-order valence-corrected chi connectivity index (χ2v) is 14.1. The van der Waals surface area contributed by atoms with E-state index < -0.39 is 22.2 Å². The van der Waals surface area contributed by atoms with E-state index in [0.717, 1.165) is 24.1 Å². The summed E-state index contributed by atoms with van der Waals surface area (Å²) in [7, 11) is -4.05. The second kappa shape index (κ2) is 13.9. The number of hydrogen-bond acceptors (Lipinski definition) is 8. The Balaban J connectivity index is 1.33. The molecule has 2 fully saturated rings. The molecule has 1 aliphatic carbocycles. The molecule has 244 valence electrons. The molecule has 0 radical (unpaired) electrons. The minimum absolute atomic E-state index is 0.0786. The summed E-state index contributed by atoms with van der Waals surface area (Å²) < 4.78 is 41.7. The number of ether oxygens (including phenoxy) is 1. The highest BCUT2D eigenvalue weighted by atomic mass is 32.2. The molecule has 9 nitrogen and oxygen atoms in total. The van der Waals surface area contributed by atoms with Crippen molar-refractivity contribution in [2.45, 2.75) is 57.1 Å². The van der Waals surface area contributed by atoms with Crippen LogP contribution in [0.15, 0.2) is 82.1 Å². The number of rotatable bonds is 11. The summed E-state index contributed by atoms with van der Waals surface area (Å²) in [5, 5.41) is 11.6. The topological polar surface area (TPSA) is 104 Å². The second-order valence-electron chi connectivity index (χ2n) is 12.2. The van der Waals surface area contributed by atoms with E-state index in [0.29, 0.717) is 60.7 Å². The van der Waals surface area contributed by atoms with Gasteiger partial charge in [-0.05, 0) is 74.9 Å². The molecule has 2 aliphatic rings. The molecular formula is C36H43N3O6S. The third-order valence-electron chi connectivity index (χ3n) is 9.40. The van der Waals surface area contributed by atoms with Gasteiger partial charge in [-0.2, -0.15) is 0 Å². The fraction of sp³-hybridized carbons (Fsp3) is 0.417. The van der Waals surface area contributed by atoms with Crippen LogP contribution < -0.4 is 9.21 Å². The lowest BCUT2D eigenvalue weighted by Gasteiger charge is -2.41. The Hall–Kier alpha value is -3.86. The standard InChI is InChI=1S/C36H43N3O6S/c1-3-44-36(41)34-26(2)30-25-29(17-18-33(30)45-34)46(42,43)39(20-19-27-11-5-4-6-12-27)32-16-10-9-15-31(32)37-21-23-38(24-22-37)35(40)28-13-7-8-14-28/h4-6,9-12,15-18,25,28,35,40H,3,7-8,13-14,19-24H2,1-2H3. The van der Waals surface area contributed by atoms with Crippen LogP contribution in [0, 0.1) is 12.8 Å². The summed E-state index contributed by atoms with van der Waals surface area (Å²) in [5.74, 6) is -0.160. The first-order valence-corrected chi connectivity index (χ1v) is 17.7. The monoisotopic (exact) mass is 645 g/mol. The van der Waals surface area contributed by atoms with E-state index in [1.165, 1.54) is 23.2 Å². The molecule has 6 rings (SSSR count). The molecule has 4 aromatic rings. The maximum absolute atomic E-state index is 14.6. The predicted molar refractivity (Wildman–Crippen MR) is 180 cm³/mol. The van der Waals surface area contributed by atoms with Crippen molar-refractivity contribution in [2.75, 3.05) is 48.5 Å². The van der Waals surface area contributed by atoms with Crippen LogP contribution in [-0.4, -0.2) is 70.0 Å². The molecule has 1 N–H and O–H groups in total. The van der Waals surface area contributed by atoms with E-state index in [-0.39, 0.29) is 23.8 Å². The van der Waals surface area contributed by atoms with Gasteiger partial charge in [0.05, 0.1) is 22.9 Å². The van der Waals surface area contributed by atoms with E-state index in [9.17, 15) is 18.3 Å². The van der Waals surface area contributed by atoms with Crippen LogP contribution >= 0.6 is 0 Å². The van der Waals surface area contributed by atoms with Crippen LogP contribution in [0.4, 0.5) is 11.4 Å². The van der Waals surface area contributed by atoms with Gasteiger partial charge in [0.1, 0.15) is 11.8 Å². The number of sulfonamides is 1. The zero-order valence-electron chi connectivity index (χ0n) is 26.6. The van der Waals surface area contributed by atoms with Gasteiger partial charge in [0.15, 0.2) is 0 Å². The van der Waals surface area contributed by atoms with Crippen LogP contribution in [0.2, 0.25) is 0 Å². The third kappa shape index (κ3) is 6.52. The molecule has 1 aliphatic heterocycles. The molecule has 0 amide bonds. The van der Waals surface area contributed by atoms with Crippen molar-refractivity contribution >= 4 is 38.3 Å². The summed E-state index contributed by atoms with van der Waals surface area (Å²) in [6.07, 6.45) is 4.62. The maximum Gasteiger partial charge on any atom is 0.374 e. The molecule has 46 heavy (non-hydrogen) atoms. The molecular weight excluding hydrogens is 602 g/mol. The van der Waals surface area contributed by atoms with Crippen LogP contribution in [0.25, 0.3) is 11.0 Å². The average Bonchev–Trinajstić information content (AvgIpc) is 3.74. The van der Waals surface area contributed by atoms with Crippen LogP contribution in [0.1, 0.15) is 54.3 Å². The van der Waals surface area contributed by atoms with Gasteiger partial charge in [0.25, 0.3) is 10.0 Å². The number of carbonyl (C=O) groups excluding carboxylic acids is 1. The Morgan fingerprint density at radius 2 is 1.70 bits per heavy atom. The van der Waals surface area contributed by atoms with Gasteiger partial charge < -0.3 is 19.2 Å². The van der Waals surface area contributed by atoms with E-state index in [1.807, 2.05) is 54.6 Å². The Labute approximate surface area is 271 Å². The lowest BCUT2D eigenvalue weighted by atomic mass is 10.0. The number of benzene rings is 3. The number of fused-ring (bicyclic) bond motifs is 1. The van der Waals surface area contributed by atoms with Gasteiger partial charge in [-0.25, -0.2) is 13.2 Å². The zero-order chi connectivity index (χ0) is 32.3. The van der Waals surface area contributed by atoms with Gasteiger partial charge in [0, 0.05) is 43.7 Å². The Kier molecular flexibility index (Phi) is 9.67. The lowest BCUT2D eigenvalue weighted by Crippen LogP contribution is -2.52. The van der Waals surface area contributed by atoms with E-state index in [2.05, 4.69) is 9.80 Å². The zero-order valence-corrected chi connectivity index (χ0v) is 27.4. The minimum atomic E-state index is -4.05. The van der Waals surface area contributed by atoms with Crippen molar-refractivity contribution in [3.8, 4) is 0 Å². The minimum Gasteiger partial charge on any atom is -0.460 e. The largest absolute Gasteiger partial charge is 0.460 e. The maximum atomic E-state index is 14.6. The smallest absolute Gasteiger partial charge is 0.374 e. The van der Waals surface area contributed by atoms with E-state index in [4.69, 9.17) is 9.15 Å². The summed E-state index contributed by atoms with van der Waals surface area (Å²) in [4.78, 5) is 17.0. The van der Waals surface area contributed by atoms with Crippen LogP contribution in [0.3, 0.4) is 0 Å². The van der Waals surface area contributed by atoms with Crippen molar-refractivity contribution in [1.29, 1.82) is 0 Å². The highest BCUT2D eigenvalue weighted by Crippen LogP contribution is 2.37. The lowest BCUT2D eigenvalue weighted by molar-refractivity contribution is -0.0406. The molecule has 10 heteroatoms. The Morgan fingerprint density at radius 3 is 2.41 bits per heavy atom. The predicted octanol–water partition coefficient (Wildman–Crippen LogP) is 5.99. The van der Waals surface area contributed by atoms with Gasteiger partial charge in [-0.3, -0.25) is 9.21 Å². The number of aliphatic hydroxyl groups is 1. The van der Waals surface area contributed by atoms with Crippen molar-refractivity contribution in [2.24, 2.45) is 5.92 Å². The number of aliphatic hydroxyl groups excluding tert-OH is 1. The van der Waals surface area contributed by atoms with Crippen molar-refractivity contribution < 1.29 is 27.5 Å². The quantitative estimate of drug-likeness (QED) is 0.199. The van der Waals surface area contributed by atoms with Gasteiger partial charge in [0.2, 0.25) is 5.76 Å². The molecule has 3 aromatic carbocycles. The number of nitrogens with zero attached hydrogens (tertiary/aromatic N) is 3. The molecule has 1 aromatic heterocycles. The summed E-state index contributed by atoms with van der Waals surface area (Å²) in [5.41, 5.74) is 3.46. The molecule has 1 saturated carbocycles. The van der Waals surface area contributed by atoms with Gasteiger partial charge in [-0.15, -0.1) is 0 Å². The Bertz CT molecular complexity index is 1760. The van der Waals surface area contributed by atoms with Gasteiger partial charge >= 0.3 is 5.97 Å². The summed E-state index contributed by atoms with van der Waals surface area (Å²) in [6, 6.07) is 22.3. The van der Waals surface area contributed by atoms with Crippen molar-refractivity contribution in [3.63, 3.8) is 0 Å². The van der Waals surface area contributed by atoms with E-state index in [1.54, 1.807) is 26.0 Å². The fourth-order valence-electron chi connectivity index (χ4n) is 6.85. The van der Waals surface area contributed by atoms with Crippen molar-refractivity contribution in [1.82, 2.24) is 4.90 Å². The SMILES string of the molecule is CCOC(=O)c1oc2ccc(S(=O)(=O)N(CCc3ccccc3)c3ccccc3N3CCN(C(O)C4CCCC4)CC3)cc2c1C. The first kappa shape index (κ1) is 32.1. The molecule has 1 unspecified atom stereocenters. The highest BCUT2D eigenvalue weighted by Gasteiger charge is 2.33. The highest BCUT2D eigenvalue weighted by molar-refractivity contribution is 7.92. The summed E-state index contributed by atoms with van der Waals surface area (Å²) >= 11 is 0. The van der Waals surface area contributed by atoms with Crippen LogP contribution in [0.5, 0.6) is 0 Å².